The first-order valence-electron chi connectivity index (χ1n) is 4.99. The van der Waals surface area contributed by atoms with Crippen LogP contribution in [0.2, 0.25) is 0 Å². The molecule has 2 rings (SSSR count). The SMILES string of the molecule is CCc1[nH]n(-c2ccc(F)cc2F)c(=O)c1Br. The Balaban J connectivity index is 2.65. The van der Waals surface area contributed by atoms with Crippen molar-refractivity contribution in [1.29, 1.82) is 0 Å². The van der Waals surface area contributed by atoms with Gasteiger partial charge in [0.15, 0.2) is 5.82 Å². The van der Waals surface area contributed by atoms with E-state index in [0.29, 0.717) is 16.6 Å². The number of nitrogens with one attached hydrogen (secondary N) is 1. The summed E-state index contributed by atoms with van der Waals surface area (Å²) in [5.74, 6) is -1.47. The van der Waals surface area contributed by atoms with E-state index < -0.39 is 17.2 Å². The van der Waals surface area contributed by atoms with Gasteiger partial charge in [0.25, 0.3) is 5.56 Å². The lowest BCUT2D eigenvalue weighted by Gasteiger charge is -2.03. The van der Waals surface area contributed by atoms with Crippen molar-refractivity contribution in [2.45, 2.75) is 13.3 Å². The molecule has 0 unspecified atom stereocenters. The van der Waals surface area contributed by atoms with E-state index in [1.54, 1.807) is 0 Å². The molecule has 0 bridgehead atoms. The quantitative estimate of drug-likeness (QED) is 0.910. The molecule has 0 radical (unpaired) electrons. The van der Waals surface area contributed by atoms with Gasteiger partial charge in [-0.2, -0.15) is 0 Å². The summed E-state index contributed by atoms with van der Waals surface area (Å²) in [7, 11) is 0. The normalized spacial score (nSPS) is 10.8. The molecule has 17 heavy (non-hydrogen) atoms. The molecule has 0 atom stereocenters. The Kier molecular flexibility index (Phi) is 3.15. The van der Waals surface area contributed by atoms with Gasteiger partial charge in [-0.15, -0.1) is 0 Å². The number of benzene rings is 1. The molecule has 90 valence electrons. The van der Waals surface area contributed by atoms with Crippen LogP contribution in [-0.4, -0.2) is 9.78 Å². The van der Waals surface area contributed by atoms with Crippen LogP contribution in [-0.2, 0) is 6.42 Å². The van der Waals surface area contributed by atoms with Crippen molar-refractivity contribution in [1.82, 2.24) is 9.78 Å². The maximum Gasteiger partial charge on any atom is 0.285 e. The van der Waals surface area contributed by atoms with E-state index in [2.05, 4.69) is 21.0 Å². The first-order valence-corrected chi connectivity index (χ1v) is 5.78. The van der Waals surface area contributed by atoms with Crippen LogP contribution in [0.3, 0.4) is 0 Å². The van der Waals surface area contributed by atoms with Crippen LogP contribution in [0.15, 0.2) is 27.5 Å². The number of aromatic amines is 1. The molecule has 1 heterocycles. The van der Waals surface area contributed by atoms with Crippen LogP contribution in [0.5, 0.6) is 0 Å². The van der Waals surface area contributed by atoms with Crippen LogP contribution in [0.25, 0.3) is 5.69 Å². The molecule has 6 heteroatoms. The number of hydrogen-bond acceptors (Lipinski definition) is 1. The molecule has 0 saturated carbocycles. The molecule has 0 spiro atoms. The zero-order valence-corrected chi connectivity index (χ0v) is 10.5. The molecule has 1 aromatic heterocycles. The van der Waals surface area contributed by atoms with Crippen molar-refractivity contribution >= 4 is 15.9 Å². The molecule has 0 aliphatic rings. The van der Waals surface area contributed by atoms with Gasteiger partial charge in [0.2, 0.25) is 0 Å². The third kappa shape index (κ3) is 2.04. The van der Waals surface area contributed by atoms with E-state index in [1.165, 1.54) is 6.07 Å². The molecule has 2 aromatic rings. The van der Waals surface area contributed by atoms with E-state index in [1.807, 2.05) is 6.92 Å². The average Bonchev–Trinajstić information content (AvgIpc) is 2.57. The third-order valence-electron chi connectivity index (χ3n) is 2.41. The zero-order valence-electron chi connectivity index (χ0n) is 8.93. The van der Waals surface area contributed by atoms with Gasteiger partial charge >= 0.3 is 0 Å². The van der Waals surface area contributed by atoms with E-state index in [0.717, 1.165) is 16.8 Å². The first-order chi connectivity index (χ1) is 8.04. The van der Waals surface area contributed by atoms with Gasteiger partial charge in [0.1, 0.15) is 16.0 Å². The highest BCUT2D eigenvalue weighted by Gasteiger charge is 2.14. The fraction of sp³-hybridized carbons (Fsp3) is 0.182. The van der Waals surface area contributed by atoms with Crippen molar-refractivity contribution in [2.24, 2.45) is 0 Å². The van der Waals surface area contributed by atoms with E-state index >= 15 is 0 Å². The monoisotopic (exact) mass is 302 g/mol. The minimum absolute atomic E-state index is 0.00296. The minimum atomic E-state index is -0.788. The number of aromatic nitrogens is 2. The number of aryl methyl sites for hydroxylation is 1. The van der Waals surface area contributed by atoms with Gasteiger partial charge in [-0.3, -0.25) is 9.89 Å². The molecule has 0 fully saturated rings. The number of rotatable bonds is 2. The summed E-state index contributed by atoms with van der Waals surface area (Å²) < 4.78 is 27.7. The zero-order chi connectivity index (χ0) is 12.6. The maximum absolute atomic E-state index is 13.5. The second-order valence-electron chi connectivity index (χ2n) is 3.49. The molecule has 0 amide bonds. The van der Waals surface area contributed by atoms with Gasteiger partial charge in [-0.05, 0) is 34.5 Å². The Bertz CT molecular complexity index is 618. The van der Waals surface area contributed by atoms with E-state index in [4.69, 9.17) is 0 Å². The van der Waals surface area contributed by atoms with Gasteiger partial charge in [0, 0.05) is 6.07 Å². The Morgan fingerprint density at radius 3 is 2.65 bits per heavy atom. The minimum Gasteiger partial charge on any atom is -0.294 e. The van der Waals surface area contributed by atoms with Crippen molar-refractivity contribution < 1.29 is 8.78 Å². The summed E-state index contributed by atoms with van der Waals surface area (Å²) >= 11 is 3.14. The second-order valence-corrected chi connectivity index (χ2v) is 4.29. The van der Waals surface area contributed by atoms with E-state index in [9.17, 15) is 13.6 Å². The lowest BCUT2D eigenvalue weighted by molar-refractivity contribution is 0.572. The standard InChI is InChI=1S/C11H9BrF2N2O/c1-2-8-10(12)11(17)16(15-8)9-4-3-6(13)5-7(9)14/h3-5,15H,2H2,1H3. The largest absolute Gasteiger partial charge is 0.294 e. The Labute approximate surface area is 104 Å². The Morgan fingerprint density at radius 1 is 1.41 bits per heavy atom. The average molecular weight is 303 g/mol. The molecular weight excluding hydrogens is 294 g/mol. The first kappa shape index (κ1) is 12.0. The molecule has 0 saturated heterocycles. The summed E-state index contributed by atoms with van der Waals surface area (Å²) in [5, 5.41) is 2.77. The number of H-pyrrole nitrogens is 1. The summed E-state index contributed by atoms with van der Waals surface area (Å²) in [4.78, 5) is 11.8. The van der Waals surface area contributed by atoms with Crippen LogP contribution < -0.4 is 5.56 Å². The molecule has 1 aromatic carbocycles. The predicted molar refractivity (Wildman–Crippen MR) is 63.4 cm³/mol. The fourth-order valence-corrected chi connectivity index (χ4v) is 2.07. The summed E-state index contributed by atoms with van der Waals surface area (Å²) in [6.45, 7) is 1.86. The number of halogens is 3. The van der Waals surface area contributed by atoms with Crippen molar-refractivity contribution in [3.8, 4) is 5.69 Å². The van der Waals surface area contributed by atoms with Gasteiger partial charge in [-0.25, -0.2) is 13.5 Å². The molecule has 1 N–H and O–H groups in total. The van der Waals surface area contributed by atoms with Gasteiger partial charge < -0.3 is 0 Å². The highest BCUT2D eigenvalue weighted by molar-refractivity contribution is 9.10. The second kappa shape index (κ2) is 4.44. The lowest BCUT2D eigenvalue weighted by atomic mass is 10.3. The molecule has 0 aliphatic carbocycles. The predicted octanol–water partition coefficient (Wildman–Crippen LogP) is 2.77. The molecular formula is C11H9BrF2N2O. The Hall–Kier alpha value is -1.43. The highest BCUT2D eigenvalue weighted by atomic mass is 79.9. The fourth-order valence-electron chi connectivity index (χ4n) is 1.53. The van der Waals surface area contributed by atoms with Crippen LogP contribution >= 0.6 is 15.9 Å². The van der Waals surface area contributed by atoms with Gasteiger partial charge in [0.05, 0.1) is 5.69 Å². The van der Waals surface area contributed by atoms with Crippen molar-refractivity contribution in [2.75, 3.05) is 0 Å². The third-order valence-corrected chi connectivity index (χ3v) is 3.22. The van der Waals surface area contributed by atoms with Crippen molar-refractivity contribution in [3.05, 3.63) is 50.4 Å². The smallest absolute Gasteiger partial charge is 0.285 e. The van der Waals surface area contributed by atoms with Crippen LogP contribution in [0.4, 0.5) is 8.78 Å². The highest BCUT2D eigenvalue weighted by Crippen LogP contribution is 2.16. The summed E-state index contributed by atoms with van der Waals surface area (Å²) in [6, 6.07) is 3.06. The number of nitrogens with zero attached hydrogens (tertiary/aromatic N) is 1. The summed E-state index contributed by atoms with van der Waals surface area (Å²) in [5.41, 5.74) is 0.267. The topological polar surface area (TPSA) is 37.8 Å². The van der Waals surface area contributed by atoms with Gasteiger partial charge in [-0.1, -0.05) is 6.92 Å². The van der Waals surface area contributed by atoms with Crippen LogP contribution in [0, 0.1) is 11.6 Å². The summed E-state index contributed by atoms with van der Waals surface area (Å²) in [6.07, 6.45) is 0.603. The van der Waals surface area contributed by atoms with E-state index in [-0.39, 0.29) is 5.69 Å². The van der Waals surface area contributed by atoms with Crippen molar-refractivity contribution in [3.63, 3.8) is 0 Å². The maximum atomic E-state index is 13.5. The Morgan fingerprint density at radius 2 is 2.12 bits per heavy atom. The number of hydrogen-bond donors (Lipinski definition) is 1. The van der Waals surface area contributed by atoms with Crippen LogP contribution in [0.1, 0.15) is 12.6 Å². The lowest BCUT2D eigenvalue weighted by Crippen LogP contribution is -2.16. The molecule has 3 nitrogen and oxygen atoms in total. The molecule has 0 aliphatic heterocycles.